The van der Waals surface area contributed by atoms with E-state index in [0.717, 1.165) is 56.9 Å². The number of pyridine rings is 1. The van der Waals surface area contributed by atoms with Gasteiger partial charge in [-0.05, 0) is 54.5 Å². The molecule has 0 spiro atoms. The average molecular weight is 505 g/mol. The van der Waals surface area contributed by atoms with Crippen LogP contribution in [0, 0.1) is 0 Å². The summed E-state index contributed by atoms with van der Waals surface area (Å²) in [6.45, 7) is 4.24. The number of hydrogen-bond acceptors (Lipinski definition) is 2. The van der Waals surface area contributed by atoms with Crippen LogP contribution >= 0.6 is 0 Å². The van der Waals surface area contributed by atoms with Gasteiger partial charge in [0.2, 0.25) is 5.69 Å². The molecule has 4 aromatic carbocycles. The van der Waals surface area contributed by atoms with Crippen molar-refractivity contribution in [2.24, 2.45) is 5.10 Å². The first kappa shape index (κ1) is 22.0. The van der Waals surface area contributed by atoms with E-state index in [1.807, 2.05) is 0 Å². The van der Waals surface area contributed by atoms with E-state index in [-0.39, 0.29) is 0 Å². The quantitative estimate of drug-likeness (QED) is 0.224. The number of rotatable bonds is 3. The van der Waals surface area contributed by atoms with Crippen LogP contribution in [0.2, 0.25) is 0 Å². The summed E-state index contributed by atoms with van der Waals surface area (Å²) in [6.07, 6.45) is 0.906. The van der Waals surface area contributed by atoms with Gasteiger partial charge < -0.3 is 0 Å². The molecule has 186 valence electrons. The third-order valence-electron chi connectivity index (χ3n) is 7.80. The largest absolute Gasteiger partial charge is 0.294 e. The molecule has 0 saturated carbocycles. The van der Waals surface area contributed by atoms with E-state index in [9.17, 15) is 0 Å². The Kier molecular flexibility index (Phi) is 4.65. The third-order valence-corrected chi connectivity index (χ3v) is 7.80. The van der Waals surface area contributed by atoms with Crippen LogP contribution in [0.5, 0.6) is 0 Å². The van der Waals surface area contributed by atoms with Crippen molar-refractivity contribution in [1.82, 2.24) is 14.1 Å². The molecule has 0 bridgehead atoms. The summed E-state index contributed by atoms with van der Waals surface area (Å²) < 4.78 is 6.64. The summed E-state index contributed by atoms with van der Waals surface area (Å²) in [5, 5.41) is 9.57. The smallest absolute Gasteiger partial charge is 0.240 e. The highest BCUT2D eigenvalue weighted by Gasteiger charge is 2.24. The van der Waals surface area contributed by atoms with Crippen LogP contribution in [0.3, 0.4) is 0 Å². The molecule has 5 nitrogen and oxygen atoms in total. The summed E-state index contributed by atoms with van der Waals surface area (Å²) in [5.74, 6) is 0.896. The van der Waals surface area contributed by atoms with Gasteiger partial charge in [0.15, 0.2) is 5.71 Å². The highest BCUT2D eigenvalue weighted by molar-refractivity contribution is 6.11. The SMILES string of the molecule is CC1=N[N+](c2ccc3c4ccccc4n(-c4ccc5c6ccccc6n(-c6ccccc6)c5n4)c3c2)=C(C)C1. The summed E-state index contributed by atoms with van der Waals surface area (Å²) in [5.41, 5.74) is 8.91. The molecule has 4 heterocycles. The number of benzene rings is 4. The maximum atomic E-state index is 5.37. The minimum Gasteiger partial charge on any atom is -0.294 e. The predicted octanol–water partition coefficient (Wildman–Crippen LogP) is 8.16. The molecular formula is C34H26N5+. The van der Waals surface area contributed by atoms with Crippen molar-refractivity contribution in [3.05, 3.63) is 109 Å². The molecule has 5 heteroatoms. The molecule has 1 aliphatic heterocycles. The van der Waals surface area contributed by atoms with E-state index in [1.165, 1.54) is 21.9 Å². The Labute approximate surface area is 225 Å². The van der Waals surface area contributed by atoms with Gasteiger partial charge in [0.25, 0.3) is 0 Å². The lowest BCUT2D eigenvalue weighted by molar-refractivity contribution is -0.442. The molecule has 3 aromatic heterocycles. The Morgan fingerprint density at radius 2 is 1.26 bits per heavy atom. The Morgan fingerprint density at radius 1 is 0.615 bits per heavy atom. The molecule has 39 heavy (non-hydrogen) atoms. The normalized spacial score (nSPS) is 13.8. The van der Waals surface area contributed by atoms with Crippen molar-refractivity contribution >= 4 is 60.9 Å². The van der Waals surface area contributed by atoms with Crippen LogP contribution in [0.4, 0.5) is 5.69 Å². The van der Waals surface area contributed by atoms with Gasteiger partial charge in [0.05, 0.1) is 28.7 Å². The minimum absolute atomic E-state index is 0.896. The van der Waals surface area contributed by atoms with Gasteiger partial charge in [0.1, 0.15) is 11.5 Å². The molecule has 8 rings (SSSR count). The molecule has 7 aromatic rings. The summed E-state index contributed by atoms with van der Waals surface area (Å²) in [4.78, 5) is 5.37. The van der Waals surface area contributed by atoms with Gasteiger partial charge in [-0.25, -0.2) is 4.98 Å². The number of hydrazone groups is 1. The van der Waals surface area contributed by atoms with E-state index < -0.39 is 0 Å². The minimum atomic E-state index is 0.896. The Bertz CT molecular complexity index is 2160. The monoisotopic (exact) mass is 504 g/mol. The fourth-order valence-electron chi connectivity index (χ4n) is 6.14. The topological polar surface area (TPSA) is 38.1 Å². The van der Waals surface area contributed by atoms with E-state index in [1.54, 1.807) is 0 Å². The third kappa shape index (κ3) is 3.23. The molecule has 0 atom stereocenters. The molecule has 0 radical (unpaired) electrons. The summed E-state index contributed by atoms with van der Waals surface area (Å²) in [6, 6.07) is 38.7. The molecular weight excluding hydrogens is 478 g/mol. The van der Waals surface area contributed by atoms with Crippen molar-refractivity contribution < 1.29 is 4.68 Å². The lowest BCUT2D eigenvalue weighted by atomic mass is 10.1. The second-order valence-electron chi connectivity index (χ2n) is 10.3. The lowest BCUT2D eigenvalue weighted by Crippen LogP contribution is -2.03. The fraction of sp³-hybridized carbons (Fsp3) is 0.0882. The van der Waals surface area contributed by atoms with Crippen LogP contribution in [0.25, 0.3) is 55.2 Å². The van der Waals surface area contributed by atoms with Gasteiger partial charge >= 0.3 is 0 Å². The molecule has 0 amide bonds. The number of aromatic nitrogens is 3. The number of para-hydroxylation sites is 3. The zero-order chi connectivity index (χ0) is 26.1. The maximum Gasteiger partial charge on any atom is 0.240 e. The number of nitrogens with zero attached hydrogens (tertiary/aromatic N) is 5. The van der Waals surface area contributed by atoms with Crippen molar-refractivity contribution in [2.45, 2.75) is 20.3 Å². The Balaban J connectivity index is 1.45. The van der Waals surface area contributed by atoms with Gasteiger partial charge in [-0.3, -0.25) is 9.13 Å². The van der Waals surface area contributed by atoms with Crippen LogP contribution in [-0.4, -0.2) is 30.2 Å². The van der Waals surface area contributed by atoms with E-state index in [4.69, 9.17) is 10.1 Å². The molecule has 0 saturated heterocycles. The standard InChI is InChI=1S/C34H26N5/c1-22-20-23(2)39(36-22)25-16-17-28-26-12-6-9-15-31(26)38(32(28)21-25)33-19-18-29-27-13-7-8-14-30(27)37(34(29)35-33)24-10-4-3-5-11-24/h3-19,21H,20H2,1-2H3/q+1. The number of fused-ring (bicyclic) bond motifs is 6. The first-order valence-electron chi connectivity index (χ1n) is 13.3. The van der Waals surface area contributed by atoms with Crippen molar-refractivity contribution in [3.8, 4) is 11.5 Å². The van der Waals surface area contributed by atoms with E-state index in [2.05, 4.69) is 137 Å². The zero-order valence-corrected chi connectivity index (χ0v) is 21.8. The van der Waals surface area contributed by atoms with Crippen LogP contribution in [-0.2, 0) is 0 Å². The average Bonchev–Trinajstić information content (AvgIpc) is 3.61. The fourth-order valence-corrected chi connectivity index (χ4v) is 6.14. The van der Waals surface area contributed by atoms with Crippen molar-refractivity contribution in [3.63, 3.8) is 0 Å². The molecule has 0 unspecified atom stereocenters. The maximum absolute atomic E-state index is 5.37. The second kappa shape index (κ2) is 8.23. The first-order valence-corrected chi connectivity index (χ1v) is 13.3. The van der Waals surface area contributed by atoms with Crippen LogP contribution < -0.4 is 0 Å². The Hall–Kier alpha value is -5.03. The molecule has 0 fully saturated rings. The van der Waals surface area contributed by atoms with Gasteiger partial charge in [-0.15, -0.1) is 0 Å². The van der Waals surface area contributed by atoms with Crippen molar-refractivity contribution in [2.75, 3.05) is 0 Å². The Morgan fingerprint density at radius 3 is 2.00 bits per heavy atom. The summed E-state index contributed by atoms with van der Waals surface area (Å²) in [7, 11) is 0. The molecule has 0 aliphatic carbocycles. The second-order valence-corrected chi connectivity index (χ2v) is 10.3. The lowest BCUT2D eigenvalue weighted by Gasteiger charge is -2.10. The zero-order valence-electron chi connectivity index (χ0n) is 21.8. The van der Waals surface area contributed by atoms with Gasteiger partial charge in [0, 0.05) is 46.3 Å². The number of hydrogen-bond donors (Lipinski definition) is 0. The van der Waals surface area contributed by atoms with Crippen molar-refractivity contribution in [1.29, 1.82) is 0 Å². The highest BCUT2D eigenvalue weighted by Crippen LogP contribution is 2.36. The van der Waals surface area contributed by atoms with Gasteiger partial charge in [-0.1, -0.05) is 59.3 Å². The summed E-state index contributed by atoms with van der Waals surface area (Å²) >= 11 is 0. The van der Waals surface area contributed by atoms with Crippen LogP contribution in [0.1, 0.15) is 20.3 Å². The van der Waals surface area contributed by atoms with E-state index in [0.29, 0.717) is 0 Å². The highest BCUT2D eigenvalue weighted by atomic mass is 15.4. The predicted molar refractivity (Wildman–Crippen MR) is 161 cm³/mol. The molecule has 1 aliphatic rings. The van der Waals surface area contributed by atoms with E-state index >= 15 is 0 Å². The van der Waals surface area contributed by atoms with Crippen LogP contribution in [0.15, 0.2) is 114 Å². The van der Waals surface area contributed by atoms with Gasteiger partial charge in [-0.2, -0.15) is 0 Å². The molecule has 0 N–H and O–H groups in total. The first-order chi connectivity index (χ1) is 19.2.